The zero-order chi connectivity index (χ0) is 25.7. The molecule has 0 aromatic heterocycles. The molecular weight excluding hydrogens is 518 g/mol. The fourth-order valence-corrected chi connectivity index (χ4v) is 4.67. The quantitative estimate of drug-likeness (QED) is 0.275. The van der Waals surface area contributed by atoms with Crippen LogP contribution in [0.5, 0.6) is 0 Å². The number of carboxylic acids is 1. The highest BCUT2D eigenvalue weighted by molar-refractivity contribution is 9.10. The van der Waals surface area contributed by atoms with Crippen molar-refractivity contribution in [2.24, 2.45) is 0 Å². The molecule has 1 aliphatic heterocycles. The maximum atomic E-state index is 13.2. The highest BCUT2D eigenvalue weighted by atomic mass is 79.9. The van der Waals surface area contributed by atoms with E-state index in [1.807, 2.05) is 54.6 Å². The fraction of sp³-hybridized carbons (Fsp3) is 0.241. The average Bonchev–Trinajstić information content (AvgIpc) is 3.16. The van der Waals surface area contributed by atoms with E-state index in [0.717, 1.165) is 51.9 Å². The summed E-state index contributed by atoms with van der Waals surface area (Å²) in [6, 6.07) is 21.8. The Hall–Kier alpha value is -3.42. The summed E-state index contributed by atoms with van der Waals surface area (Å²) in [6.07, 6.45) is 2.56. The second-order valence-corrected chi connectivity index (χ2v) is 10.1. The first-order valence-corrected chi connectivity index (χ1v) is 12.8. The number of anilines is 2. The summed E-state index contributed by atoms with van der Waals surface area (Å²) >= 11 is 3.48. The van der Waals surface area contributed by atoms with Crippen molar-refractivity contribution < 1.29 is 14.7 Å². The summed E-state index contributed by atoms with van der Waals surface area (Å²) in [6.45, 7) is 1.04. The largest absolute Gasteiger partial charge is 0.481 e. The average molecular weight is 548 g/mol. The van der Waals surface area contributed by atoms with Gasteiger partial charge in [-0.25, -0.2) is 0 Å². The molecule has 0 aliphatic carbocycles. The van der Waals surface area contributed by atoms with Crippen molar-refractivity contribution in [3.63, 3.8) is 0 Å². The number of carbonyl (C=O) groups excluding carboxylic acids is 1. The molecule has 6 nitrogen and oxygen atoms in total. The van der Waals surface area contributed by atoms with E-state index >= 15 is 0 Å². The zero-order valence-corrected chi connectivity index (χ0v) is 22.1. The van der Waals surface area contributed by atoms with Gasteiger partial charge in [0.1, 0.15) is 0 Å². The van der Waals surface area contributed by atoms with Crippen molar-refractivity contribution in [2.45, 2.75) is 25.7 Å². The summed E-state index contributed by atoms with van der Waals surface area (Å²) in [7, 11) is 4.16. The monoisotopic (exact) mass is 547 g/mol. The van der Waals surface area contributed by atoms with Gasteiger partial charge in [0.25, 0.3) is 5.91 Å². The number of hydrogen-bond donors (Lipinski definition) is 3. The third kappa shape index (κ3) is 6.42. The number of carbonyl (C=O) groups is 2. The Bertz CT molecular complexity index is 1300. The lowest BCUT2D eigenvalue weighted by Crippen LogP contribution is -2.13. The predicted molar refractivity (Wildman–Crippen MR) is 149 cm³/mol. The fourth-order valence-electron chi connectivity index (χ4n) is 4.30. The van der Waals surface area contributed by atoms with Crippen LogP contribution in [0.15, 0.2) is 71.2 Å². The molecule has 7 heteroatoms. The standard InChI is InChI=1S/C29H30BrN3O3/c1-33(2)16-4-6-19-8-12-23(13-9-19)31-28(21-7-3-5-20(17-21)10-15-26(34)35)27-24-14-11-22(30)18-25(24)32-29(27)36/h3,5,7-9,11-14,17-18,31H,4,6,10,15-16H2,1-2H3,(H,32,36)(H,34,35). The Labute approximate surface area is 220 Å². The molecule has 3 N–H and O–H groups in total. The molecule has 3 aromatic carbocycles. The van der Waals surface area contributed by atoms with Crippen molar-refractivity contribution in [3.8, 4) is 0 Å². The molecule has 186 valence electrons. The van der Waals surface area contributed by atoms with Crippen LogP contribution in [0.2, 0.25) is 0 Å². The Morgan fingerprint density at radius 2 is 1.78 bits per heavy atom. The first-order valence-electron chi connectivity index (χ1n) is 12.0. The first-order chi connectivity index (χ1) is 17.3. The van der Waals surface area contributed by atoms with Crippen LogP contribution in [0.1, 0.15) is 35.1 Å². The third-order valence-electron chi connectivity index (χ3n) is 6.11. The number of hydrogen-bond acceptors (Lipinski definition) is 4. The molecule has 0 fully saturated rings. The van der Waals surface area contributed by atoms with Gasteiger partial charge in [-0.1, -0.05) is 52.3 Å². The van der Waals surface area contributed by atoms with Crippen LogP contribution >= 0.6 is 15.9 Å². The Balaban J connectivity index is 1.70. The summed E-state index contributed by atoms with van der Waals surface area (Å²) in [5.41, 5.74) is 6.69. The molecule has 0 atom stereocenters. The van der Waals surface area contributed by atoms with E-state index in [9.17, 15) is 9.59 Å². The van der Waals surface area contributed by atoms with Gasteiger partial charge in [0, 0.05) is 22.1 Å². The molecule has 4 rings (SSSR count). The number of nitrogens with zero attached hydrogens (tertiary/aromatic N) is 1. The predicted octanol–water partition coefficient (Wildman–Crippen LogP) is 5.89. The van der Waals surface area contributed by atoms with Gasteiger partial charge in [-0.3, -0.25) is 9.59 Å². The number of fused-ring (bicyclic) bond motifs is 1. The molecule has 36 heavy (non-hydrogen) atoms. The molecule has 0 spiro atoms. The Kier molecular flexibility index (Phi) is 8.23. The highest BCUT2D eigenvalue weighted by Crippen LogP contribution is 2.39. The van der Waals surface area contributed by atoms with Gasteiger partial charge in [0.15, 0.2) is 0 Å². The van der Waals surface area contributed by atoms with Crippen molar-refractivity contribution in [3.05, 3.63) is 93.5 Å². The summed E-state index contributed by atoms with van der Waals surface area (Å²) in [5.74, 6) is -1.01. The van der Waals surface area contributed by atoms with Crippen molar-refractivity contribution in [1.82, 2.24) is 4.90 Å². The van der Waals surface area contributed by atoms with Crippen LogP contribution in [0.4, 0.5) is 11.4 Å². The number of rotatable bonds is 10. The smallest absolute Gasteiger partial charge is 0.303 e. The molecule has 3 aromatic rings. The topological polar surface area (TPSA) is 81.7 Å². The number of carboxylic acid groups (broad SMARTS) is 1. The molecule has 0 bridgehead atoms. The van der Waals surface area contributed by atoms with Gasteiger partial charge in [0.2, 0.25) is 0 Å². The maximum absolute atomic E-state index is 13.2. The number of nitrogens with one attached hydrogen (secondary N) is 2. The van der Waals surface area contributed by atoms with Crippen molar-refractivity contribution in [2.75, 3.05) is 31.3 Å². The summed E-state index contributed by atoms with van der Waals surface area (Å²) in [4.78, 5) is 26.4. The SMILES string of the molecule is CN(C)CCCc1ccc(NC(=C2C(=O)Nc3cc(Br)ccc32)c2cccc(CCC(=O)O)c2)cc1. The second-order valence-electron chi connectivity index (χ2n) is 9.22. The van der Waals surface area contributed by atoms with Crippen LogP contribution in [-0.4, -0.2) is 42.5 Å². The number of benzene rings is 3. The minimum atomic E-state index is -0.836. The molecule has 1 amide bonds. The highest BCUT2D eigenvalue weighted by Gasteiger charge is 2.28. The second kappa shape index (κ2) is 11.5. The van der Waals surface area contributed by atoms with Crippen LogP contribution in [0.3, 0.4) is 0 Å². The summed E-state index contributed by atoms with van der Waals surface area (Å²) in [5, 5.41) is 15.6. The zero-order valence-electron chi connectivity index (χ0n) is 20.5. The van der Waals surface area contributed by atoms with Gasteiger partial charge < -0.3 is 20.6 Å². The summed E-state index contributed by atoms with van der Waals surface area (Å²) < 4.78 is 0.887. The van der Waals surface area contributed by atoms with Crippen LogP contribution in [-0.2, 0) is 22.4 Å². The number of aryl methyl sites for hydroxylation is 2. The number of halogens is 1. The van der Waals surface area contributed by atoms with Gasteiger partial charge in [-0.15, -0.1) is 0 Å². The van der Waals surface area contributed by atoms with Crippen molar-refractivity contribution in [1.29, 1.82) is 0 Å². The van der Waals surface area contributed by atoms with Gasteiger partial charge in [-0.2, -0.15) is 0 Å². The van der Waals surface area contributed by atoms with E-state index in [-0.39, 0.29) is 12.3 Å². The Morgan fingerprint density at radius 3 is 2.50 bits per heavy atom. The molecule has 1 heterocycles. The van der Waals surface area contributed by atoms with Gasteiger partial charge in [0.05, 0.1) is 17.0 Å². The van der Waals surface area contributed by atoms with E-state index < -0.39 is 5.97 Å². The van der Waals surface area contributed by atoms with E-state index in [1.165, 1.54) is 5.56 Å². The first kappa shape index (κ1) is 25.7. The third-order valence-corrected chi connectivity index (χ3v) is 6.61. The van der Waals surface area contributed by atoms with Gasteiger partial charge in [-0.05, 0) is 86.9 Å². The minimum absolute atomic E-state index is 0.0510. The molecule has 0 saturated heterocycles. The molecule has 0 unspecified atom stereocenters. The van der Waals surface area contributed by atoms with Crippen LogP contribution in [0.25, 0.3) is 11.3 Å². The van der Waals surface area contributed by atoms with E-state index in [2.05, 4.69) is 57.7 Å². The lowest BCUT2D eigenvalue weighted by molar-refractivity contribution is -0.137. The molecule has 1 aliphatic rings. The molecular formula is C29H30BrN3O3. The molecule has 0 radical (unpaired) electrons. The lowest BCUT2D eigenvalue weighted by atomic mass is 9.97. The van der Waals surface area contributed by atoms with Crippen LogP contribution in [0, 0.1) is 0 Å². The normalized spacial score (nSPS) is 13.9. The minimum Gasteiger partial charge on any atom is -0.481 e. The maximum Gasteiger partial charge on any atom is 0.303 e. The van der Waals surface area contributed by atoms with E-state index in [0.29, 0.717) is 17.7 Å². The van der Waals surface area contributed by atoms with Gasteiger partial charge >= 0.3 is 5.97 Å². The molecule has 0 saturated carbocycles. The lowest BCUT2D eigenvalue weighted by Gasteiger charge is -2.16. The Morgan fingerprint density at radius 1 is 1.00 bits per heavy atom. The van der Waals surface area contributed by atoms with Crippen molar-refractivity contribution >= 4 is 50.5 Å². The van der Waals surface area contributed by atoms with E-state index in [1.54, 1.807) is 0 Å². The van der Waals surface area contributed by atoms with E-state index in [4.69, 9.17) is 5.11 Å². The van der Waals surface area contributed by atoms with Crippen LogP contribution < -0.4 is 10.6 Å². The number of amides is 1. The number of aliphatic carboxylic acids is 1.